The highest BCUT2D eigenvalue weighted by Crippen LogP contribution is 2.38. The van der Waals surface area contributed by atoms with E-state index in [2.05, 4.69) is 5.92 Å². The van der Waals surface area contributed by atoms with Crippen LogP contribution in [0.3, 0.4) is 0 Å². The molecule has 0 unspecified atom stereocenters. The molecule has 0 aromatic rings. The molecule has 16 heavy (non-hydrogen) atoms. The number of carbonyl (C=O) groups is 1. The quantitative estimate of drug-likeness (QED) is 0.553. The molecule has 1 fully saturated rings. The molecule has 0 aliphatic heterocycles. The van der Waals surface area contributed by atoms with Gasteiger partial charge in [0.1, 0.15) is 5.78 Å². The molecule has 0 saturated heterocycles. The summed E-state index contributed by atoms with van der Waals surface area (Å²) in [6, 6.07) is 0. The van der Waals surface area contributed by atoms with Gasteiger partial charge in [0, 0.05) is 19.3 Å². The van der Waals surface area contributed by atoms with Gasteiger partial charge in [-0.25, -0.2) is 0 Å². The molecule has 0 spiro atoms. The van der Waals surface area contributed by atoms with E-state index < -0.39 is 0 Å². The SMILES string of the molecule is C#CCCCC(=O)CC1(CN)CCCCC1. The van der Waals surface area contributed by atoms with Gasteiger partial charge in [-0.3, -0.25) is 4.79 Å². The maximum atomic E-state index is 11.8. The van der Waals surface area contributed by atoms with Crippen molar-refractivity contribution in [2.24, 2.45) is 11.1 Å². The summed E-state index contributed by atoms with van der Waals surface area (Å²) in [7, 11) is 0. The molecule has 1 saturated carbocycles. The largest absolute Gasteiger partial charge is 0.330 e. The molecule has 1 aliphatic rings. The van der Waals surface area contributed by atoms with Crippen molar-refractivity contribution < 1.29 is 4.79 Å². The zero-order valence-corrected chi connectivity index (χ0v) is 10.1. The maximum Gasteiger partial charge on any atom is 0.133 e. The monoisotopic (exact) mass is 221 g/mol. The van der Waals surface area contributed by atoms with Crippen molar-refractivity contribution in [2.75, 3.05) is 6.54 Å². The molecule has 1 aliphatic carbocycles. The number of rotatable bonds is 6. The van der Waals surface area contributed by atoms with E-state index in [1.165, 1.54) is 19.3 Å². The molecule has 0 heterocycles. The van der Waals surface area contributed by atoms with Crippen molar-refractivity contribution in [3.05, 3.63) is 0 Å². The first-order valence-corrected chi connectivity index (χ1v) is 6.38. The van der Waals surface area contributed by atoms with Gasteiger partial charge in [0.15, 0.2) is 0 Å². The van der Waals surface area contributed by atoms with E-state index >= 15 is 0 Å². The average Bonchev–Trinajstić information content (AvgIpc) is 2.30. The molecule has 0 aromatic carbocycles. The molecule has 0 aromatic heterocycles. The van der Waals surface area contributed by atoms with Crippen LogP contribution in [0.15, 0.2) is 0 Å². The predicted molar refractivity (Wildman–Crippen MR) is 66.9 cm³/mol. The van der Waals surface area contributed by atoms with E-state index in [1.54, 1.807) is 0 Å². The number of nitrogens with two attached hydrogens (primary N) is 1. The van der Waals surface area contributed by atoms with E-state index in [0.717, 1.165) is 19.3 Å². The Morgan fingerprint density at radius 1 is 1.31 bits per heavy atom. The van der Waals surface area contributed by atoms with E-state index in [-0.39, 0.29) is 5.41 Å². The van der Waals surface area contributed by atoms with Gasteiger partial charge in [-0.2, -0.15) is 0 Å². The summed E-state index contributed by atoms with van der Waals surface area (Å²) in [5.41, 5.74) is 5.97. The molecule has 2 heteroatoms. The lowest BCUT2D eigenvalue weighted by Crippen LogP contribution is -2.35. The highest BCUT2D eigenvalue weighted by molar-refractivity contribution is 5.79. The number of terminal acetylenes is 1. The van der Waals surface area contributed by atoms with Crippen LogP contribution >= 0.6 is 0 Å². The lowest BCUT2D eigenvalue weighted by atomic mass is 9.70. The maximum absolute atomic E-state index is 11.8. The molecule has 90 valence electrons. The summed E-state index contributed by atoms with van der Waals surface area (Å²) >= 11 is 0. The second-order valence-corrected chi connectivity index (χ2v) is 5.04. The first-order chi connectivity index (χ1) is 7.72. The summed E-state index contributed by atoms with van der Waals surface area (Å²) < 4.78 is 0. The van der Waals surface area contributed by atoms with Gasteiger partial charge in [0.2, 0.25) is 0 Å². The Morgan fingerprint density at radius 3 is 2.56 bits per heavy atom. The Bertz CT molecular complexity index is 258. The molecule has 0 atom stereocenters. The van der Waals surface area contributed by atoms with Crippen LogP contribution < -0.4 is 5.73 Å². The Hall–Kier alpha value is -0.810. The number of unbranched alkanes of at least 4 members (excludes halogenated alkanes) is 1. The molecule has 2 N–H and O–H groups in total. The van der Waals surface area contributed by atoms with Crippen molar-refractivity contribution >= 4 is 5.78 Å². The van der Waals surface area contributed by atoms with Crippen LogP contribution in [0.4, 0.5) is 0 Å². The summed E-state index contributed by atoms with van der Waals surface area (Å²) in [6.45, 7) is 0.661. The number of carbonyl (C=O) groups excluding carboxylic acids is 1. The standard InChI is InChI=1S/C14H23NO/c1-2-3-5-8-13(16)11-14(12-15)9-6-4-7-10-14/h1H,3-12,15H2. The zero-order valence-electron chi connectivity index (χ0n) is 10.1. The minimum atomic E-state index is 0.117. The smallest absolute Gasteiger partial charge is 0.133 e. The van der Waals surface area contributed by atoms with Crippen LogP contribution in [0, 0.1) is 17.8 Å². The van der Waals surface area contributed by atoms with Crippen LogP contribution in [0.25, 0.3) is 0 Å². The lowest BCUT2D eigenvalue weighted by molar-refractivity contribution is -0.121. The van der Waals surface area contributed by atoms with Crippen LogP contribution in [0.2, 0.25) is 0 Å². The van der Waals surface area contributed by atoms with Crippen molar-refractivity contribution in [1.82, 2.24) is 0 Å². The molecule has 1 rings (SSSR count). The van der Waals surface area contributed by atoms with Gasteiger partial charge < -0.3 is 5.73 Å². The Labute approximate surface area is 99.0 Å². The van der Waals surface area contributed by atoms with Crippen LogP contribution in [-0.2, 0) is 4.79 Å². The highest BCUT2D eigenvalue weighted by atomic mass is 16.1. The summed E-state index contributed by atoms with van der Waals surface area (Å²) in [4.78, 5) is 11.8. The molecular weight excluding hydrogens is 198 g/mol. The fourth-order valence-electron chi connectivity index (χ4n) is 2.65. The van der Waals surface area contributed by atoms with Crippen molar-refractivity contribution in [3.8, 4) is 12.3 Å². The van der Waals surface area contributed by atoms with Crippen LogP contribution in [-0.4, -0.2) is 12.3 Å². The third kappa shape index (κ3) is 3.98. The highest BCUT2D eigenvalue weighted by Gasteiger charge is 2.32. The van der Waals surface area contributed by atoms with Gasteiger partial charge in [0.25, 0.3) is 0 Å². The minimum Gasteiger partial charge on any atom is -0.330 e. The van der Waals surface area contributed by atoms with Crippen LogP contribution in [0.1, 0.15) is 57.8 Å². The topological polar surface area (TPSA) is 43.1 Å². The van der Waals surface area contributed by atoms with Crippen LogP contribution in [0.5, 0.6) is 0 Å². The van der Waals surface area contributed by atoms with Gasteiger partial charge in [-0.15, -0.1) is 12.3 Å². The number of hydrogen-bond acceptors (Lipinski definition) is 2. The van der Waals surface area contributed by atoms with Gasteiger partial charge >= 0.3 is 0 Å². The van der Waals surface area contributed by atoms with Gasteiger partial charge in [-0.05, 0) is 31.2 Å². The first-order valence-electron chi connectivity index (χ1n) is 6.38. The van der Waals surface area contributed by atoms with E-state index in [0.29, 0.717) is 31.6 Å². The fraction of sp³-hybridized carbons (Fsp3) is 0.786. The summed E-state index contributed by atoms with van der Waals surface area (Å²) in [6.07, 6.45) is 14.0. The molecular formula is C14H23NO. The average molecular weight is 221 g/mol. The predicted octanol–water partition coefficient (Wildman–Crippen LogP) is 2.66. The van der Waals surface area contributed by atoms with E-state index in [9.17, 15) is 4.79 Å². The van der Waals surface area contributed by atoms with E-state index in [4.69, 9.17) is 12.2 Å². The number of Topliss-reactive ketones (excluding diaryl/α,β-unsaturated/α-hetero) is 1. The normalized spacial score (nSPS) is 19.0. The van der Waals surface area contributed by atoms with Gasteiger partial charge in [0.05, 0.1) is 0 Å². The summed E-state index contributed by atoms with van der Waals surface area (Å²) in [5, 5.41) is 0. The third-order valence-electron chi connectivity index (χ3n) is 3.70. The van der Waals surface area contributed by atoms with Crippen molar-refractivity contribution in [2.45, 2.75) is 57.8 Å². The number of ketones is 1. The molecule has 2 nitrogen and oxygen atoms in total. The Balaban J connectivity index is 2.37. The molecule has 0 radical (unpaired) electrons. The second-order valence-electron chi connectivity index (χ2n) is 5.04. The minimum absolute atomic E-state index is 0.117. The van der Waals surface area contributed by atoms with Crippen molar-refractivity contribution in [3.63, 3.8) is 0 Å². The second kappa shape index (κ2) is 6.70. The zero-order chi connectivity index (χ0) is 11.9. The fourth-order valence-corrected chi connectivity index (χ4v) is 2.65. The molecule has 0 amide bonds. The number of hydrogen-bond donors (Lipinski definition) is 1. The van der Waals surface area contributed by atoms with E-state index in [1.807, 2.05) is 0 Å². The Morgan fingerprint density at radius 2 is 2.00 bits per heavy atom. The third-order valence-corrected chi connectivity index (χ3v) is 3.70. The Kier molecular flexibility index (Phi) is 5.55. The summed E-state index contributed by atoms with van der Waals surface area (Å²) in [5.74, 6) is 2.92. The van der Waals surface area contributed by atoms with Crippen molar-refractivity contribution in [1.29, 1.82) is 0 Å². The first kappa shape index (κ1) is 13.3. The lowest BCUT2D eigenvalue weighted by Gasteiger charge is -2.35. The molecule has 0 bridgehead atoms. The van der Waals surface area contributed by atoms with Gasteiger partial charge in [-0.1, -0.05) is 19.3 Å².